The van der Waals surface area contributed by atoms with Crippen molar-refractivity contribution in [1.29, 1.82) is 0 Å². The summed E-state index contributed by atoms with van der Waals surface area (Å²) in [5.74, 6) is -2.08. The van der Waals surface area contributed by atoms with Gasteiger partial charge >= 0.3 is 16.3 Å². The first-order chi connectivity index (χ1) is 17.3. The number of hydrogen-bond acceptors (Lipinski definition) is 7. The molecule has 2 heterocycles. The molecule has 0 radical (unpaired) electrons. The van der Waals surface area contributed by atoms with Gasteiger partial charge in [-0.05, 0) is 59.3 Å². The second-order valence-electron chi connectivity index (χ2n) is 10.9. The average Bonchev–Trinajstić information content (AvgIpc) is 3.25. The van der Waals surface area contributed by atoms with Gasteiger partial charge < -0.3 is 20.3 Å². The predicted octanol–water partition coefficient (Wildman–Crippen LogP) is 0.846. The third kappa shape index (κ3) is 7.44. The summed E-state index contributed by atoms with van der Waals surface area (Å²) in [6.45, 7) is 5.54. The minimum Gasteiger partial charge on any atom is -0.444 e. The van der Waals surface area contributed by atoms with Gasteiger partial charge in [-0.2, -0.15) is 8.42 Å². The smallest absolute Gasteiger partial charge is 0.408 e. The standard InChI is InChI=1S/C24H39N5O7S/c1-23(2,3)36-22(33)26-17-12-9-7-5-6-8-11-16-15-24(16,21(32)28-37(34,35)25-4)27-19(30)18-13-10-14-29(18)20(17)31/h8,11,16-18,25H,5-7,9-10,12-15H2,1-4H3,(H,26,33)(H,27,30)(H,28,32)/t16-,17+,18+,24-/m1/s1. The van der Waals surface area contributed by atoms with Crippen LogP contribution in [0, 0.1) is 5.92 Å². The third-order valence-corrected chi connectivity index (χ3v) is 7.81. The minimum absolute atomic E-state index is 0.254. The molecule has 4 N–H and O–H groups in total. The van der Waals surface area contributed by atoms with Gasteiger partial charge in [0.05, 0.1) is 0 Å². The van der Waals surface area contributed by atoms with Gasteiger partial charge in [-0.1, -0.05) is 25.0 Å². The van der Waals surface area contributed by atoms with E-state index in [9.17, 15) is 27.6 Å². The summed E-state index contributed by atoms with van der Waals surface area (Å²) in [6.07, 6.45) is 7.79. The number of rotatable bonds is 4. The molecule has 37 heavy (non-hydrogen) atoms. The highest BCUT2D eigenvalue weighted by atomic mass is 32.2. The van der Waals surface area contributed by atoms with Gasteiger partial charge in [0.1, 0.15) is 23.2 Å². The maximum absolute atomic E-state index is 13.5. The van der Waals surface area contributed by atoms with Crippen molar-refractivity contribution in [1.82, 2.24) is 25.0 Å². The van der Waals surface area contributed by atoms with Gasteiger partial charge in [0, 0.05) is 19.5 Å². The Kier molecular flexibility index (Phi) is 8.89. The molecule has 0 aromatic heterocycles. The molecule has 2 aliphatic heterocycles. The molecule has 4 atom stereocenters. The summed E-state index contributed by atoms with van der Waals surface area (Å²) < 4.78 is 33.3. The number of carbonyl (C=O) groups excluding carboxylic acids is 4. The Morgan fingerprint density at radius 1 is 1.14 bits per heavy atom. The Morgan fingerprint density at radius 2 is 1.86 bits per heavy atom. The van der Waals surface area contributed by atoms with Crippen molar-refractivity contribution in [3.05, 3.63) is 12.2 Å². The van der Waals surface area contributed by atoms with Gasteiger partial charge in [0.25, 0.3) is 5.91 Å². The van der Waals surface area contributed by atoms with E-state index < -0.39 is 51.3 Å². The quantitative estimate of drug-likeness (QED) is 0.383. The Bertz CT molecular complexity index is 1040. The van der Waals surface area contributed by atoms with Crippen LogP contribution in [0.2, 0.25) is 0 Å². The largest absolute Gasteiger partial charge is 0.444 e. The normalized spacial score (nSPS) is 29.2. The number of hydrogen-bond donors (Lipinski definition) is 4. The molecule has 1 saturated carbocycles. The summed E-state index contributed by atoms with van der Waals surface area (Å²) >= 11 is 0. The van der Waals surface area contributed by atoms with E-state index in [0.717, 1.165) is 19.3 Å². The first-order valence-electron chi connectivity index (χ1n) is 12.8. The lowest BCUT2D eigenvalue weighted by molar-refractivity contribution is -0.141. The van der Waals surface area contributed by atoms with Crippen LogP contribution in [0.3, 0.4) is 0 Å². The average molecular weight is 542 g/mol. The first-order valence-corrected chi connectivity index (χ1v) is 14.3. The molecule has 13 heteroatoms. The summed E-state index contributed by atoms with van der Waals surface area (Å²) in [4.78, 5) is 53.8. The number of amides is 4. The van der Waals surface area contributed by atoms with Crippen LogP contribution in [0.4, 0.5) is 4.79 Å². The first kappa shape index (κ1) is 28.9. The molecular formula is C24H39N5O7S. The number of nitrogens with one attached hydrogen (secondary N) is 4. The van der Waals surface area contributed by atoms with Crippen molar-refractivity contribution in [3.63, 3.8) is 0 Å². The fourth-order valence-corrected chi connectivity index (χ4v) is 5.34. The lowest BCUT2D eigenvalue weighted by Gasteiger charge is -2.30. The molecule has 1 aliphatic carbocycles. The van der Waals surface area contributed by atoms with Crippen LogP contribution >= 0.6 is 0 Å². The summed E-state index contributed by atoms with van der Waals surface area (Å²) in [6, 6.07) is -1.69. The minimum atomic E-state index is -4.06. The number of nitrogens with zero attached hydrogens (tertiary/aromatic N) is 1. The molecule has 208 valence electrons. The van der Waals surface area contributed by atoms with Crippen molar-refractivity contribution >= 4 is 34.0 Å². The van der Waals surface area contributed by atoms with Gasteiger partial charge in [-0.25, -0.2) is 14.2 Å². The number of ether oxygens (including phenoxy) is 1. The fraction of sp³-hybridized carbons (Fsp3) is 0.750. The third-order valence-electron chi connectivity index (χ3n) is 6.82. The zero-order valence-corrected chi connectivity index (χ0v) is 22.8. The van der Waals surface area contributed by atoms with Crippen molar-refractivity contribution in [2.75, 3.05) is 13.6 Å². The number of carbonyl (C=O) groups is 4. The SMILES string of the molecule is CNS(=O)(=O)NC(=O)[C@@]12C[C@H]1C=CCCCCC[C@H](NC(=O)OC(C)(C)C)C(=O)N1CCC[C@H]1C(=O)N2. The van der Waals surface area contributed by atoms with E-state index in [-0.39, 0.29) is 18.2 Å². The maximum Gasteiger partial charge on any atom is 0.408 e. The molecule has 0 aromatic rings. The molecule has 12 nitrogen and oxygen atoms in total. The molecule has 0 spiro atoms. The van der Waals surface area contributed by atoms with E-state index >= 15 is 0 Å². The highest BCUT2D eigenvalue weighted by molar-refractivity contribution is 7.88. The molecule has 0 unspecified atom stereocenters. The molecular weight excluding hydrogens is 502 g/mol. The molecule has 3 aliphatic rings. The molecule has 3 rings (SSSR count). The number of allylic oxidation sites excluding steroid dienone is 1. The van der Waals surface area contributed by atoms with E-state index in [1.54, 1.807) is 20.8 Å². The van der Waals surface area contributed by atoms with Crippen LogP contribution in [0.15, 0.2) is 12.2 Å². The second-order valence-corrected chi connectivity index (χ2v) is 12.5. The maximum atomic E-state index is 13.5. The lowest BCUT2D eigenvalue weighted by atomic mass is 10.0. The Hall–Kier alpha value is -2.67. The van der Waals surface area contributed by atoms with E-state index in [1.165, 1.54) is 11.9 Å². The molecule has 0 bridgehead atoms. The van der Waals surface area contributed by atoms with Gasteiger partial charge in [-0.15, -0.1) is 0 Å². The van der Waals surface area contributed by atoms with Crippen molar-refractivity contribution in [2.45, 2.75) is 95.4 Å². The van der Waals surface area contributed by atoms with Crippen molar-refractivity contribution in [2.24, 2.45) is 5.92 Å². The van der Waals surface area contributed by atoms with Crippen LogP contribution in [-0.2, 0) is 29.3 Å². The zero-order chi connectivity index (χ0) is 27.4. The van der Waals surface area contributed by atoms with Crippen LogP contribution in [0.25, 0.3) is 0 Å². The van der Waals surface area contributed by atoms with Gasteiger partial charge in [-0.3, -0.25) is 14.4 Å². The van der Waals surface area contributed by atoms with Crippen molar-refractivity contribution in [3.8, 4) is 0 Å². The molecule has 2 fully saturated rings. The van der Waals surface area contributed by atoms with Crippen LogP contribution < -0.4 is 20.1 Å². The van der Waals surface area contributed by atoms with E-state index in [2.05, 4.69) is 10.6 Å². The second kappa shape index (κ2) is 11.4. The van der Waals surface area contributed by atoms with Crippen LogP contribution in [-0.4, -0.2) is 73.9 Å². The summed E-state index contributed by atoms with van der Waals surface area (Å²) in [5, 5.41) is 5.45. The van der Waals surface area contributed by atoms with Crippen molar-refractivity contribution < 1.29 is 32.3 Å². The Morgan fingerprint density at radius 3 is 2.54 bits per heavy atom. The lowest BCUT2D eigenvalue weighted by Crippen LogP contribution is -2.58. The number of alkyl carbamates (subject to hydrolysis) is 1. The highest BCUT2D eigenvalue weighted by Gasteiger charge is 2.61. The molecule has 4 amide bonds. The van der Waals surface area contributed by atoms with Gasteiger partial charge in [0.15, 0.2) is 0 Å². The highest BCUT2D eigenvalue weighted by Crippen LogP contribution is 2.45. The monoisotopic (exact) mass is 541 g/mol. The summed E-state index contributed by atoms with van der Waals surface area (Å²) in [7, 11) is -2.89. The fourth-order valence-electron chi connectivity index (χ4n) is 4.81. The van der Waals surface area contributed by atoms with E-state index in [1.807, 2.05) is 21.6 Å². The van der Waals surface area contributed by atoms with Crippen LogP contribution in [0.1, 0.15) is 72.1 Å². The Labute approximate surface area is 218 Å². The number of fused-ring (bicyclic) bond motifs is 2. The molecule has 0 aromatic carbocycles. The zero-order valence-electron chi connectivity index (χ0n) is 22.0. The topological polar surface area (TPSA) is 163 Å². The van der Waals surface area contributed by atoms with Crippen LogP contribution in [0.5, 0.6) is 0 Å². The van der Waals surface area contributed by atoms with E-state index in [4.69, 9.17) is 4.74 Å². The predicted molar refractivity (Wildman–Crippen MR) is 135 cm³/mol. The Balaban J connectivity index is 1.84. The van der Waals surface area contributed by atoms with E-state index in [0.29, 0.717) is 32.2 Å². The summed E-state index contributed by atoms with van der Waals surface area (Å²) in [5.41, 5.74) is -2.14. The van der Waals surface area contributed by atoms with Gasteiger partial charge in [0.2, 0.25) is 11.8 Å². The molecule has 1 saturated heterocycles.